The van der Waals surface area contributed by atoms with Crippen molar-refractivity contribution in [3.63, 3.8) is 0 Å². The Bertz CT molecular complexity index is 1360. The molecular weight excluding hydrogens is 461 g/mol. The van der Waals surface area contributed by atoms with E-state index in [1.54, 1.807) is 18.3 Å². The van der Waals surface area contributed by atoms with Gasteiger partial charge in [0.1, 0.15) is 23.9 Å². The first-order valence-corrected chi connectivity index (χ1v) is 11.3. The van der Waals surface area contributed by atoms with Crippen LogP contribution in [0.1, 0.15) is 24.8 Å². The minimum absolute atomic E-state index is 0.106. The third kappa shape index (κ3) is 3.55. The minimum Gasteiger partial charge on any atom is -0.474 e. The molecule has 10 heteroatoms. The maximum Gasteiger partial charge on any atom is 0.413 e. The lowest BCUT2D eigenvalue weighted by atomic mass is 9.98. The van der Waals surface area contributed by atoms with Gasteiger partial charge in [-0.15, -0.1) is 0 Å². The number of fused-ring (bicyclic) bond motifs is 2. The second kappa shape index (κ2) is 8.61. The van der Waals surface area contributed by atoms with Gasteiger partial charge in [0.2, 0.25) is 5.88 Å². The number of rotatable bonds is 3. The molecule has 1 amide bonds. The number of hydrogen-bond acceptors (Lipinski definition) is 6. The summed E-state index contributed by atoms with van der Waals surface area (Å²) >= 11 is 6.40. The molecule has 0 saturated heterocycles. The molecule has 0 bridgehead atoms. The number of nitrogens with zero attached hydrogens (tertiary/aromatic N) is 4. The van der Waals surface area contributed by atoms with Crippen molar-refractivity contribution < 1.29 is 19.0 Å². The summed E-state index contributed by atoms with van der Waals surface area (Å²) in [5.74, 6) is -0.372. The lowest BCUT2D eigenvalue weighted by molar-refractivity contribution is 0.197. The van der Waals surface area contributed by atoms with E-state index in [9.17, 15) is 15.2 Å². The number of nitrogens with one attached hydrogen (secondary N) is 1. The Kier molecular flexibility index (Phi) is 5.62. The fraction of sp³-hybridized carbons (Fsp3) is 0.333. The Hall–Kier alpha value is -3.64. The van der Waals surface area contributed by atoms with E-state index < -0.39 is 23.9 Å². The maximum absolute atomic E-state index is 15.4. The fourth-order valence-corrected chi connectivity index (χ4v) is 5.11. The number of carbonyl (C=O) groups is 1. The Morgan fingerprint density at radius 2 is 2.15 bits per heavy atom. The molecule has 2 aliphatic rings. The Morgan fingerprint density at radius 1 is 1.32 bits per heavy atom. The molecule has 0 unspecified atom stereocenters. The van der Waals surface area contributed by atoms with E-state index >= 15 is 4.39 Å². The van der Waals surface area contributed by atoms with Crippen LogP contribution >= 0.6 is 11.6 Å². The van der Waals surface area contributed by atoms with Gasteiger partial charge in [0, 0.05) is 35.5 Å². The van der Waals surface area contributed by atoms with Crippen LogP contribution in [0.15, 0.2) is 24.5 Å². The lowest BCUT2D eigenvalue weighted by Gasteiger charge is -2.27. The Morgan fingerprint density at radius 3 is 2.91 bits per heavy atom. The number of nitriles is 1. The predicted molar refractivity (Wildman–Crippen MR) is 126 cm³/mol. The summed E-state index contributed by atoms with van der Waals surface area (Å²) in [6.07, 6.45) is 3.72. The number of pyridine rings is 2. The molecule has 0 radical (unpaired) electrons. The van der Waals surface area contributed by atoms with Crippen molar-refractivity contribution in [1.82, 2.24) is 9.97 Å². The quantitative estimate of drug-likeness (QED) is 0.516. The van der Waals surface area contributed by atoms with Crippen molar-refractivity contribution in [3.05, 3.63) is 40.9 Å². The summed E-state index contributed by atoms with van der Waals surface area (Å²) in [5, 5.41) is 23.4. The van der Waals surface area contributed by atoms with Crippen LogP contribution in [-0.4, -0.2) is 40.4 Å². The highest BCUT2D eigenvalue weighted by molar-refractivity contribution is 6.36. The second-order valence-corrected chi connectivity index (χ2v) is 8.83. The molecule has 1 aliphatic carbocycles. The van der Waals surface area contributed by atoms with Gasteiger partial charge < -0.3 is 15.2 Å². The monoisotopic (exact) mass is 481 g/mol. The molecule has 34 heavy (non-hydrogen) atoms. The number of carboxylic acid groups (broad SMARTS) is 1. The van der Waals surface area contributed by atoms with E-state index in [0.717, 1.165) is 16.9 Å². The van der Waals surface area contributed by atoms with E-state index in [0.29, 0.717) is 53.9 Å². The summed E-state index contributed by atoms with van der Waals surface area (Å²) in [6, 6.07) is 4.92. The maximum atomic E-state index is 15.4. The van der Waals surface area contributed by atoms with Gasteiger partial charge in [0.15, 0.2) is 0 Å². The van der Waals surface area contributed by atoms with Gasteiger partial charge in [-0.1, -0.05) is 11.6 Å². The largest absolute Gasteiger partial charge is 0.474 e. The van der Waals surface area contributed by atoms with Crippen molar-refractivity contribution >= 4 is 40.0 Å². The topological polar surface area (TPSA) is 111 Å². The molecule has 1 aromatic carbocycles. The van der Waals surface area contributed by atoms with Crippen molar-refractivity contribution in [2.45, 2.75) is 32.2 Å². The highest BCUT2D eigenvalue weighted by Gasteiger charge is 2.36. The standard InChI is InChI=1S/C24H21ClFN5O3/c1-12-16(10-30-23-22(12)28-5-6-34-23)15-7-14-8-19(29-11-17(14)20(25)21(15)26)31(24(32)33)18-4-2-3-13(18)9-27/h7-8,10-11,13,18,28H,2-6H2,1H3,(H,32,33)/t13-,18-/m1/s1. The van der Waals surface area contributed by atoms with E-state index in [4.69, 9.17) is 16.3 Å². The predicted octanol–water partition coefficient (Wildman–Crippen LogP) is 5.38. The number of amides is 1. The molecule has 5 rings (SSSR count). The average Bonchev–Trinajstić information content (AvgIpc) is 3.30. The Labute approximate surface area is 199 Å². The highest BCUT2D eigenvalue weighted by Crippen LogP contribution is 2.41. The first-order chi connectivity index (χ1) is 16.4. The summed E-state index contributed by atoms with van der Waals surface area (Å²) in [6.45, 7) is 2.96. The smallest absolute Gasteiger partial charge is 0.413 e. The SMILES string of the molecule is Cc1c(-c2cc3cc(N(C(=O)O)[C@@H]4CCC[C@@H]4C#N)ncc3c(Cl)c2F)cnc2c1NCCO2. The van der Waals surface area contributed by atoms with E-state index in [-0.39, 0.29) is 16.4 Å². The zero-order valence-corrected chi connectivity index (χ0v) is 19.1. The van der Waals surface area contributed by atoms with Crippen molar-refractivity contribution in [3.8, 4) is 23.1 Å². The lowest BCUT2D eigenvalue weighted by Crippen LogP contribution is -2.42. The first-order valence-electron chi connectivity index (χ1n) is 11.0. The van der Waals surface area contributed by atoms with Crippen LogP contribution in [-0.2, 0) is 0 Å². The van der Waals surface area contributed by atoms with E-state index in [1.807, 2.05) is 6.92 Å². The van der Waals surface area contributed by atoms with Crippen molar-refractivity contribution in [1.29, 1.82) is 5.26 Å². The van der Waals surface area contributed by atoms with Gasteiger partial charge in [0.05, 0.1) is 23.1 Å². The molecule has 3 heterocycles. The molecular formula is C24H21ClFN5O3. The van der Waals surface area contributed by atoms with Crippen LogP contribution in [0.2, 0.25) is 5.02 Å². The number of hydrogen-bond donors (Lipinski definition) is 2. The zero-order valence-electron chi connectivity index (χ0n) is 18.3. The molecule has 2 aromatic heterocycles. The summed E-state index contributed by atoms with van der Waals surface area (Å²) in [7, 11) is 0. The molecule has 1 aliphatic heterocycles. The number of halogens is 2. The molecule has 8 nitrogen and oxygen atoms in total. The van der Waals surface area contributed by atoms with Crippen molar-refractivity contribution in [2.75, 3.05) is 23.4 Å². The van der Waals surface area contributed by atoms with Gasteiger partial charge in [-0.05, 0) is 49.3 Å². The summed E-state index contributed by atoms with van der Waals surface area (Å²) in [4.78, 5) is 21.9. The van der Waals surface area contributed by atoms with Crippen LogP contribution < -0.4 is 15.0 Å². The molecule has 1 saturated carbocycles. The van der Waals surface area contributed by atoms with Gasteiger partial charge in [-0.3, -0.25) is 4.90 Å². The molecule has 3 aromatic rings. The molecule has 2 N–H and O–H groups in total. The van der Waals surface area contributed by atoms with Gasteiger partial charge in [-0.25, -0.2) is 19.2 Å². The van der Waals surface area contributed by atoms with E-state index in [1.165, 1.54) is 6.20 Å². The van der Waals surface area contributed by atoms with E-state index in [2.05, 4.69) is 21.4 Å². The zero-order chi connectivity index (χ0) is 24.0. The van der Waals surface area contributed by atoms with Crippen LogP contribution in [0.4, 0.5) is 20.7 Å². The average molecular weight is 482 g/mol. The van der Waals surface area contributed by atoms with Crippen LogP contribution in [0.5, 0.6) is 5.88 Å². The molecule has 2 atom stereocenters. The number of ether oxygens (including phenoxy) is 1. The summed E-state index contributed by atoms with van der Waals surface area (Å²) in [5.41, 5.74) is 2.26. The number of anilines is 2. The summed E-state index contributed by atoms with van der Waals surface area (Å²) < 4.78 is 20.9. The third-order valence-electron chi connectivity index (χ3n) is 6.55. The fourth-order valence-electron chi connectivity index (χ4n) is 4.85. The second-order valence-electron chi connectivity index (χ2n) is 8.45. The Balaban J connectivity index is 1.65. The number of benzene rings is 1. The first kappa shape index (κ1) is 22.2. The van der Waals surface area contributed by atoms with Gasteiger partial charge in [-0.2, -0.15) is 5.26 Å². The number of aromatic nitrogens is 2. The third-order valence-corrected chi connectivity index (χ3v) is 6.92. The highest BCUT2D eigenvalue weighted by atomic mass is 35.5. The normalized spacial score (nSPS) is 19.1. The molecule has 0 spiro atoms. The molecule has 1 fully saturated rings. The van der Waals surface area contributed by atoms with Gasteiger partial charge in [0.25, 0.3) is 0 Å². The minimum atomic E-state index is -1.19. The van der Waals surface area contributed by atoms with Crippen LogP contribution in [0.3, 0.4) is 0 Å². The van der Waals surface area contributed by atoms with Crippen molar-refractivity contribution in [2.24, 2.45) is 5.92 Å². The van der Waals surface area contributed by atoms with Gasteiger partial charge >= 0.3 is 6.09 Å². The van der Waals surface area contributed by atoms with Crippen LogP contribution in [0.25, 0.3) is 21.9 Å². The molecule has 174 valence electrons. The van der Waals surface area contributed by atoms with Crippen LogP contribution in [0, 0.1) is 30.0 Å².